The summed E-state index contributed by atoms with van der Waals surface area (Å²) in [6.45, 7) is 5.76. The van der Waals surface area contributed by atoms with Crippen molar-refractivity contribution in [2.45, 2.75) is 52.5 Å². The molecule has 8 nitrogen and oxygen atoms in total. The van der Waals surface area contributed by atoms with E-state index in [9.17, 15) is 14.9 Å². The molecule has 4 heterocycles. The van der Waals surface area contributed by atoms with Crippen molar-refractivity contribution in [3.05, 3.63) is 98.8 Å². The van der Waals surface area contributed by atoms with Gasteiger partial charge in [0.2, 0.25) is 0 Å². The lowest BCUT2D eigenvalue weighted by Crippen LogP contribution is -2.40. The number of nitriles is 1. The molecule has 6 rings (SSSR count). The van der Waals surface area contributed by atoms with Crippen LogP contribution in [0.4, 0.5) is 0 Å². The number of nitrogens with zero attached hydrogens (tertiary/aromatic N) is 4. The number of esters is 1. The maximum atomic E-state index is 14.1. The SMILES string of the molecule is COC(=O)C1=C(C)N=c2s/c(=C\c3cc(C)n(-c4sc5c(c4C#N)CCCC5)c3C)c(=O)n2[C@@H]1c1cc(Cl)ccc1OC. The molecule has 0 amide bonds. The molecule has 11 heteroatoms. The predicted octanol–water partition coefficient (Wildman–Crippen LogP) is 5.29. The van der Waals surface area contributed by atoms with Gasteiger partial charge in [-0.15, -0.1) is 11.3 Å². The van der Waals surface area contributed by atoms with Crippen molar-refractivity contribution in [1.82, 2.24) is 9.13 Å². The van der Waals surface area contributed by atoms with E-state index in [1.165, 1.54) is 40.6 Å². The van der Waals surface area contributed by atoms with Crippen LogP contribution in [0.1, 0.15) is 64.3 Å². The van der Waals surface area contributed by atoms with Gasteiger partial charge in [0.1, 0.15) is 22.9 Å². The van der Waals surface area contributed by atoms with Gasteiger partial charge in [0.25, 0.3) is 5.56 Å². The van der Waals surface area contributed by atoms with E-state index in [-0.39, 0.29) is 11.1 Å². The zero-order valence-corrected chi connectivity index (χ0v) is 26.8. The van der Waals surface area contributed by atoms with E-state index >= 15 is 0 Å². The predicted molar refractivity (Wildman–Crippen MR) is 168 cm³/mol. The molecule has 2 aliphatic rings. The van der Waals surface area contributed by atoms with Crippen LogP contribution in [0.25, 0.3) is 11.1 Å². The normalized spacial score (nSPS) is 16.4. The molecule has 1 aromatic carbocycles. The minimum atomic E-state index is -0.845. The Morgan fingerprint density at radius 1 is 1.16 bits per heavy atom. The fourth-order valence-electron chi connectivity index (χ4n) is 6.12. The lowest BCUT2D eigenvalue weighted by atomic mass is 9.95. The number of rotatable bonds is 5. The Morgan fingerprint density at radius 2 is 1.93 bits per heavy atom. The van der Waals surface area contributed by atoms with Gasteiger partial charge in [-0.05, 0) is 87.9 Å². The zero-order valence-electron chi connectivity index (χ0n) is 24.4. The summed E-state index contributed by atoms with van der Waals surface area (Å²) in [5.74, 6) is -0.103. The van der Waals surface area contributed by atoms with Crippen LogP contribution in [0.5, 0.6) is 5.75 Å². The van der Waals surface area contributed by atoms with E-state index in [2.05, 4.69) is 15.6 Å². The fourth-order valence-corrected chi connectivity index (χ4v) is 8.79. The Hall–Kier alpha value is -3.91. The van der Waals surface area contributed by atoms with Gasteiger partial charge in [-0.3, -0.25) is 9.36 Å². The Bertz CT molecular complexity index is 2070. The van der Waals surface area contributed by atoms with E-state index in [1.807, 2.05) is 26.0 Å². The number of aromatic nitrogens is 2. The van der Waals surface area contributed by atoms with Crippen LogP contribution in [0.2, 0.25) is 5.02 Å². The van der Waals surface area contributed by atoms with Gasteiger partial charge in [-0.25, -0.2) is 9.79 Å². The van der Waals surface area contributed by atoms with Crippen LogP contribution < -0.4 is 19.6 Å². The highest BCUT2D eigenvalue weighted by Gasteiger charge is 2.35. The first kappa shape index (κ1) is 29.2. The third-order valence-electron chi connectivity index (χ3n) is 8.14. The number of carbonyl (C=O) groups is 1. The molecular weight excluding hydrogens is 604 g/mol. The van der Waals surface area contributed by atoms with E-state index in [0.717, 1.165) is 53.2 Å². The van der Waals surface area contributed by atoms with Crippen LogP contribution in [0, 0.1) is 25.2 Å². The van der Waals surface area contributed by atoms with Crippen LogP contribution in [0.15, 0.2) is 45.3 Å². The second-order valence-electron chi connectivity index (χ2n) is 10.6. The molecule has 1 aliphatic carbocycles. The summed E-state index contributed by atoms with van der Waals surface area (Å²) in [6.07, 6.45) is 6.06. The summed E-state index contributed by atoms with van der Waals surface area (Å²) in [4.78, 5) is 33.6. The number of ether oxygens (including phenoxy) is 2. The Kier molecular flexibility index (Phi) is 7.67. The number of allylic oxidation sites excluding steroid dienone is 1. The smallest absolute Gasteiger partial charge is 0.338 e. The quantitative estimate of drug-likeness (QED) is 0.279. The fraction of sp³-hybridized carbons (Fsp3) is 0.312. The molecule has 0 N–H and O–H groups in total. The molecule has 43 heavy (non-hydrogen) atoms. The highest BCUT2D eigenvalue weighted by atomic mass is 35.5. The van der Waals surface area contributed by atoms with Crippen molar-refractivity contribution < 1.29 is 14.3 Å². The summed E-state index contributed by atoms with van der Waals surface area (Å²) < 4.78 is 14.9. The number of carbonyl (C=O) groups excluding carboxylic acids is 1. The number of hydrogen-bond donors (Lipinski definition) is 0. The second kappa shape index (κ2) is 11.3. The first-order valence-electron chi connectivity index (χ1n) is 13.9. The Labute approximate surface area is 261 Å². The number of hydrogen-bond acceptors (Lipinski definition) is 8. The maximum Gasteiger partial charge on any atom is 0.338 e. The average Bonchev–Trinajstić information content (AvgIpc) is 3.61. The lowest BCUT2D eigenvalue weighted by molar-refractivity contribution is -0.136. The van der Waals surface area contributed by atoms with Gasteiger partial charge >= 0.3 is 5.97 Å². The van der Waals surface area contributed by atoms with E-state index in [0.29, 0.717) is 31.4 Å². The highest BCUT2D eigenvalue weighted by molar-refractivity contribution is 7.15. The largest absolute Gasteiger partial charge is 0.496 e. The van der Waals surface area contributed by atoms with Crippen molar-refractivity contribution >= 4 is 46.3 Å². The first-order valence-corrected chi connectivity index (χ1v) is 15.9. The van der Waals surface area contributed by atoms with Crippen LogP contribution in [0.3, 0.4) is 0 Å². The van der Waals surface area contributed by atoms with E-state index < -0.39 is 12.0 Å². The molecule has 4 aromatic rings. The topological polar surface area (TPSA) is 98.6 Å². The van der Waals surface area contributed by atoms with E-state index in [1.54, 1.807) is 36.5 Å². The number of thiazole rings is 1. The van der Waals surface area contributed by atoms with Gasteiger partial charge in [0, 0.05) is 26.9 Å². The van der Waals surface area contributed by atoms with Crippen molar-refractivity contribution in [2.75, 3.05) is 14.2 Å². The van der Waals surface area contributed by atoms with Crippen molar-refractivity contribution in [3.63, 3.8) is 0 Å². The van der Waals surface area contributed by atoms with Crippen molar-refractivity contribution in [3.8, 4) is 16.8 Å². The molecule has 0 radical (unpaired) electrons. The molecule has 3 aromatic heterocycles. The average molecular weight is 633 g/mol. The monoisotopic (exact) mass is 632 g/mol. The summed E-state index contributed by atoms with van der Waals surface area (Å²) >= 11 is 9.34. The second-order valence-corrected chi connectivity index (χ2v) is 13.2. The van der Waals surface area contributed by atoms with Crippen LogP contribution in [-0.2, 0) is 22.4 Å². The molecule has 0 spiro atoms. The van der Waals surface area contributed by atoms with E-state index in [4.69, 9.17) is 21.1 Å². The number of fused-ring (bicyclic) bond motifs is 2. The molecule has 0 saturated carbocycles. The number of aryl methyl sites for hydroxylation is 2. The molecule has 0 fully saturated rings. The van der Waals surface area contributed by atoms with Gasteiger partial charge < -0.3 is 14.0 Å². The minimum absolute atomic E-state index is 0.242. The third-order valence-corrected chi connectivity index (χ3v) is 10.6. The molecular formula is C32H29ClN4O4S2. The van der Waals surface area contributed by atoms with Gasteiger partial charge in [0.05, 0.1) is 35.6 Å². The van der Waals surface area contributed by atoms with Crippen LogP contribution >= 0.6 is 34.3 Å². The maximum absolute atomic E-state index is 14.1. The minimum Gasteiger partial charge on any atom is -0.496 e. The molecule has 1 atom stereocenters. The van der Waals surface area contributed by atoms with Gasteiger partial charge in [-0.2, -0.15) is 5.26 Å². The van der Waals surface area contributed by atoms with Gasteiger partial charge in [0.15, 0.2) is 4.80 Å². The third kappa shape index (κ3) is 4.76. The van der Waals surface area contributed by atoms with Gasteiger partial charge in [-0.1, -0.05) is 22.9 Å². The van der Waals surface area contributed by atoms with Crippen molar-refractivity contribution in [2.24, 2.45) is 4.99 Å². The molecule has 1 aliphatic heterocycles. The number of benzene rings is 1. The Morgan fingerprint density at radius 3 is 2.65 bits per heavy atom. The summed E-state index contributed by atoms with van der Waals surface area (Å²) in [7, 11) is 2.83. The molecule has 220 valence electrons. The first-order chi connectivity index (χ1) is 20.7. The van der Waals surface area contributed by atoms with Crippen LogP contribution in [-0.4, -0.2) is 29.3 Å². The number of methoxy groups -OCH3 is 2. The Balaban J connectivity index is 1.54. The molecule has 0 saturated heterocycles. The summed E-state index contributed by atoms with van der Waals surface area (Å²) in [5, 5.41) is 11.5. The number of thiophene rings is 1. The summed E-state index contributed by atoms with van der Waals surface area (Å²) in [6, 6.07) is 8.77. The molecule has 0 unspecified atom stereocenters. The standard InChI is InChI=1S/C32H29ClN4O4S2/c1-16-12-19(18(3)36(16)30-23(15-34)21-8-6-7-9-25(21)42-30)13-26-29(38)37-28(22-14-20(33)10-11-24(22)40-4)27(31(39)41-5)17(2)35-32(37)43-26/h10-14,28H,6-9H2,1-5H3/b26-13-/t28-/m1/s1. The highest BCUT2D eigenvalue weighted by Crippen LogP contribution is 2.39. The zero-order chi connectivity index (χ0) is 30.6. The van der Waals surface area contributed by atoms with Crippen molar-refractivity contribution in [1.29, 1.82) is 5.26 Å². The lowest BCUT2D eigenvalue weighted by Gasteiger charge is -2.25. The summed E-state index contributed by atoms with van der Waals surface area (Å²) in [5.41, 5.74) is 5.70. The molecule has 0 bridgehead atoms. The number of halogens is 1.